The average molecular weight is 563 g/mol. The first kappa shape index (κ1) is 31.8. The first-order valence-electron chi connectivity index (χ1n) is 12.4. The summed E-state index contributed by atoms with van der Waals surface area (Å²) in [4.78, 5) is 77.3. The maximum Gasteiger partial charge on any atom is 0.303 e. The van der Waals surface area contributed by atoms with Crippen LogP contribution in [0.2, 0.25) is 0 Å². The Morgan fingerprint density at radius 1 is 0.875 bits per heavy atom. The molecule has 0 bridgehead atoms. The molecule has 1 N–H and O–H groups in total. The average Bonchev–Trinajstić information content (AvgIpc) is 3.27. The Morgan fingerprint density at radius 3 is 2.08 bits per heavy atom. The van der Waals surface area contributed by atoms with E-state index in [0.717, 1.165) is 44.2 Å². The fraction of sp³-hybridized carbons (Fsp3) is 0.481. The Labute approximate surface area is 231 Å². The van der Waals surface area contributed by atoms with Crippen molar-refractivity contribution in [2.24, 2.45) is 0 Å². The Morgan fingerprint density at radius 2 is 1.52 bits per heavy atom. The van der Waals surface area contributed by atoms with E-state index < -0.39 is 67.0 Å². The number of Topliss-reactive ketones (excluding diaryl/α,β-unsaturated/α-hetero) is 1. The predicted octanol–water partition coefficient (Wildman–Crippen LogP) is 1.49. The minimum absolute atomic E-state index is 0.122. The number of carbonyl (C=O) groups is 6. The number of hydrogen-bond donors (Lipinski definition) is 1. The molecule has 2 aromatic rings. The molecule has 0 aliphatic carbocycles. The zero-order chi connectivity index (χ0) is 30.0. The summed E-state index contributed by atoms with van der Waals surface area (Å²) in [6.45, 7) is 4.54. The van der Waals surface area contributed by atoms with E-state index in [1.807, 2.05) is 18.2 Å². The van der Waals surface area contributed by atoms with Crippen LogP contribution in [-0.2, 0) is 54.1 Å². The van der Waals surface area contributed by atoms with Crippen LogP contribution >= 0.6 is 0 Å². The lowest BCUT2D eigenvalue weighted by molar-refractivity contribution is -0.190. The van der Waals surface area contributed by atoms with Crippen molar-refractivity contribution < 1.29 is 52.5 Å². The molecule has 1 heterocycles. The second-order valence-electron chi connectivity index (χ2n) is 8.94. The van der Waals surface area contributed by atoms with Gasteiger partial charge in [0, 0.05) is 58.3 Å². The van der Waals surface area contributed by atoms with Crippen molar-refractivity contribution in [3.05, 3.63) is 30.0 Å². The number of nitrogens with one attached hydrogen (secondary N) is 1. The SMILES string of the molecule is COc1ccc2[nH]cc(CCN(CC(=O)C(OC(C)=O)C(OC(C)=O)C(COC(C)=O)OC(C)=O)C(C)=O)c2c1. The molecule has 0 fully saturated rings. The Bertz CT molecular complexity index is 1250. The summed E-state index contributed by atoms with van der Waals surface area (Å²) >= 11 is 0. The maximum atomic E-state index is 13.5. The van der Waals surface area contributed by atoms with Gasteiger partial charge in [0.2, 0.25) is 12.0 Å². The van der Waals surface area contributed by atoms with Crippen LogP contribution < -0.4 is 4.74 Å². The van der Waals surface area contributed by atoms with Gasteiger partial charge in [-0.2, -0.15) is 0 Å². The highest BCUT2D eigenvalue weighted by Crippen LogP contribution is 2.24. The van der Waals surface area contributed by atoms with Crippen molar-refractivity contribution in [2.75, 3.05) is 26.8 Å². The number of rotatable bonds is 14. The van der Waals surface area contributed by atoms with Crippen LogP contribution in [0.1, 0.15) is 40.2 Å². The summed E-state index contributed by atoms with van der Waals surface area (Å²) in [5.41, 5.74) is 1.74. The second kappa shape index (κ2) is 14.7. The number of ether oxygens (including phenoxy) is 5. The summed E-state index contributed by atoms with van der Waals surface area (Å²) in [6, 6.07) is 5.52. The van der Waals surface area contributed by atoms with Gasteiger partial charge in [-0.3, -0.25) is 28.8 Å². The molecule has 0 saturated carbocycles. The number of aromatic amines is 1. The summed E-state index contributed by atoms with van der Waals surface area (Å²) in [5.74, 6) is -3.93. The first-order valence-corrected chi connectivity index (χ1v) is 12.4. The molecule has 0 aliphatic heterocycles. The fourth-order valence-electron chi connectivity index (χ4n) is 4.00. The number of ketones is 1. The highest BCUT2D eigenvalue weighted by Gasteiger charge is 2.42. The molecule has 40 heavy (non-hydrogen) atoms. The van der Waals surface area contributed by atoms with E-state index in [-0.39, 0.29) is 6.54 Å². The van der Waals surface area contributed by atoms with E-state index in [4.69, 9.17) is 23.7 Å². The van der Waals surface area contributed by atoms with E-state index in [9.17, 15) is 28.8 Å². The van der Waals surface area contributed by atoms with Gasteiger partial charge in [0.15, 0.2) is 18.0 Å². The maximum absolute atomic E-state index is 13.5. The molecule has 2 rings (SSSR count). The lowest BCUT2D eigenvalue weighted by Gasteiger charge is -2.32. The van der Waals surface area contributed by atoms with Crippen LogP contribution in [0.15, 0.2) is 24.4 Å². The normalized spacial score (nSPS) is 12.9. The molecule has 13 nitrogen and oxygen atoms in total. The zero-order valence-electron chi connectivity index (χ0n) is 23.3. The van der Waals surface area contributed by atoms with Crippen molar-refractivity contribution in [1.82, 2.24) is 9.88 Å². The summed E-state index contributed by atoms with van der Waals surface area (Å²) < 4.78 is 25.8. The number of benzene rings is 1. The van der Waals surface area contributed by atoms with Crippen molar-refractivity contribution in [2.45, 2.75) is 59.4 Å². The molecule has 0 radical (unpaired) electrons. The predicted molar refractivity (Wildman–Crippen MR) is 139 cm³/mol. The van der Waals surface area contributed by atoms with Crippen molar-refractivity contribution in [1.29, 1.82) is 0 Å². The molecule has 1 aromatic carbocycles. The van der Waals surface area contributed by atoms with Gasteiger partial charge in [0.1, 0.15) is 12.4 Å². The molecular formula is C27H34N2O11. The standard InChI is InChI=1S/C27H34N2O11/c1-15(30)29(10-9-20-12-28-23-8-7-21(36-6)11-22(20)23)13-24(35)26(39-18(4)33)27(40-19(5)34)25(38-17(3)32)14-37-16(2)31/h7-8,11-12,25-28H,9-10,13-14H2,1-6H3. The molecule has 0 saturated heterocycles. The van der Waals surface area contributed by atoms with Crippen LogP contribution in [0.3, 0.4) is 0 Å². The molecule has 3 unspecified atom stereocenters. The Balaban J connectivity index is 2.32. The number of fused-ring (bicyclic) bond motifs is 1. The van der Waals surface area contributed by atoms with Crippen LogP contribution in [0.25, 0.3) is 10.9 Å². The number of methoxy groups -OCH3 is 1. The van der Waals surface area contributed by atoms with Gasteiger partial charge in [0.05, 0.1) is 13.7 Å². The Kier molecular flexibility index (Phi) is 11.7. The number of hydrogen-bond acceptors (Lipinski definition) is 11. The molecule has 13 heteroatoms. The number of nitrogens with zero attached hydrogens (tertiary/aromatic N) is 1. The lowest BCUT2D eigenvalue weighted by Crippen LogP contribution is -2.53. The smallest absolute Gasteiger partial charge is 0.303 e. The van der Waals surface area contributed by atoms with Crippen LogP contribution in [0, 0.1) is 0 Å². The van der Waals surface area contributed by atoms with Crippen LogP contribution in [-0.4, -0.2) is 90.6 Å². The monoisotopic (exact) mass is 562 g/mol. The number of esters is 4. The quantitative estimate of drug-likeness (QED) is 0.262. The third-order valence-electron chi connectivity index (χ3n) is 5.76. The highest BCUT2D eigenvalue weighted by atomic mass is 16.6. The first-order chi connectivity index (χ1) is 18.8. The van der Waals surface area contributed by atoms with Gasteiger partial charge in [0.25, 0.3) is 0 Å². The third kappa shape index (κ3) is 9.40. The van der Waals surface area contributed by atoms with E-state index >= 15 is 0 Å². The van der Waals surface area contributed by atoms with Gasteiger partial charge < -0.3 is 33.6 Å². The van der Waals surface area contributed by atoms with Gasteiger partial charge in [-0.25, -0.2) is 0 Å². The van der Waals surface area contributed by atoms with Crippen molar-refractivity contribution in [3.8, 4) is 5.75 Å². The van der Waals surface area contributed by atoms with Gasteiger partial charge >= 0.3 is 23.9 Å². The minimum Gasteiger partial charge on any atom is -0.497 e. The largest absolute Gasteiger partial charge is 0.497 e. The number of amides is 1. The molecule has 1 amide bonds. The molecule has 3 atom stereocenters. The molecular weight excluding hydrogens is 528 g/mol. The van der Waals surface area contributed by atoms with Gasteiger partial charge in [-0.1, -0.05) is 0 Å². The van der Waals surface area contributed by atoms with Crippen molar-refractivity contribution >= 4 is 46.5 Å². The molecule has 0 aliphatic rings. The molecule has 1 aromatic heterocycles. The van der Waals surface area contributed by atoms with Gasteiger partial charge in [-0.15, -0.1) is 0 Å². The van der Waals surface area contributed by atoms with Gasteiger partial charge in [-0.05, 0) is 30.2 Å². The lowest BCUT2D eigenvalue weighted by atomic mass is 10.0. The van der Waals surface area contributed by atoms with Crippen molar-refractivity contribution in [3.63, 3.8) is 0 Å². The molecule has 0 spiro atoms. The fourth-order valence-corrected chi connectivity index (χ4v) is 4.00. The number of H-pyrrole nitrogens is 1. The third-order valence-corrected chi connectivity index (χ3v) is 5.76. The van der Waals surface area contributed by atoms with Crippen LogP contribution in [0.4, 0.5) is 0 Å². The van der Waals surface area contributed by atoms with E-state index in [2.05, 4.69) is 4.98 Å². The number of aromatic nitrogens is 1. The van der Waals surface area contributed by atoms with E-state index in [1.165, 1.54) is 11.8 Å². The highest BCUT2D eigenvalue weighted by molar-refractivity contribution is 5.91. The molecule has 218 valence electrons. The second-order valence-corrected chi connectivity index (χ2v) is 8.94. The van der Waals surface area contributed by atoms with E-state index in [1.54, 1.807) is 13.3 Å². The summed E-state index contributed by atoms with van der Waals surface area (Å²) in [5, 5.41) is 0.886. The topological polar surface area (TPSA) is 168 Å². The van der Waals surface area contributed by atoms with Crippen LogP contribution in [0.5, 0.6) is 5.75 Å². The zero-order valence-corrected chi connectivity index (χ0v) is 23.3. The summed E-state index contributed by atoms with van der Waals surface area (Å²) in [7, 11) is 1.55. The minimum atomic E-state index is -1.78. The van der Waals surface area contributed by atoms with E-state index in [0.29, 0.717) is 12.2 Å². The summed E-state index contributed by atoms with van der Waals surface area (Å²) in [6.07, 6.45) is -2.76. The Hall–Kier alpha value is -4.42. The number of carbonyl (C=O) groups excluding carboxylic acids is 6.